The third-order valence-corrected chi connectivity index (χ3v) is 8.76. The minimum absolute atomic E-state index is 0.0546. The van der Waals surface area contributed by atoms with Crippen molar-refractivity contribution in [2.24, 2.45) is 5.92 Å². The molecule has 47 heavy (non-hydrogen) atoms. The predicted octanol–water partition coefficient (Wildman–Crippen LogP) is 1.62. The fraction of sp³-hybridized carbons (Fsp3) is 0.545. The van der Waals surface area contributed by atoms with Gasteiger partial charge in [0.15, 0.2) is 12.2 Å². The van der Waals surface area contributed by atoms with Crippen LogP contribution in [0.15, 0.2) is 35.1 Å². The molecular weight excluding hydrogens is 604 g/mol. The van der Waals surface area contributed by atoms with Crippen LogP contribution in [0.1, 0.15) is 46.9 Å². The Kier molecular flexibility index (Phi) is 10.2. The van der Waals surface area contributed by atoms with Crippen molar-refractivity contribution in [2.45, 2.75) is 52.5 Å². The zero-order valence-corrected chi connectivity index (χ0v) is 27.3. The number of hydrogen-bond donors (Lipinski definition) is 3. The van der Waals surface area contributed by atoms with E-state index >= 15 is 0 Å². The number of anilines is 2. The number of aliphatic hydroxyl groups is 1. The standard InChI is InChI=1S/C33H44N8O6/c1-21(2)32(44)40-8-10-41(11-9-40)33-37-28(13-30(38-33)36-25-17-45-18-25)31(43)34-14-26(42)16-39-7-6-23-12-27(5-4-24(23)15-39)46-19-29-22(3)35-20-47-29/h4-5,12-13,20-21,25-26,42H,6-11,14-19H2,1-3H3,(H,34,43)(H,36,37,38)/t26-/m0/s1. The second-order valence-electron chi connectivity index (χ2n) is 12.7. The number of ether oxygens (including phenoxy) is 2. The van der Waals surface area contributed by atoms with Crippen molar-refractivity contribution >= 4 is 23.6 Å². The summed E-state index contributed by atoms with van der Waals surface area (Å²) in [7, 11) is 0. The molecular formula is C33H44N8O6. The first kappa shape index (κ1) is 32.7. The van der Waals surface area contributed by atoms with Crippen molar-refractivity contribution in [1.82, 2.24) is 30.1 Å². The van der Waals surface area contributed by atoms with Crippen LogP contribution in [0, 0.1) is 12.8 Å². The maximum absolute atomic E-state index is 13.3. The Morgan fingerprint density at radius 3 is 2.60 bits per heavy atom. The number of rotatable bonds is 12. The zero-order chi connectivity index (χ0) is 32.9. The van der Waals surface area contributed by atoms with Gasteiger partial charge in [0.25, 0.3) is 5.91 Å². The molecule has 3 aliphatic heterocycles. The molecule has 0 aliphatic carbocycles. The van der Waals surface area contributed by atoms with Gasteiger partial charge < -0.3 is 39.4 Å². The maximum Gasteiger partial charge on any atom is 0.270 e. The van der Waals surface area contributed by atoms with E-state index in [1.54, 1.807) is 6.07 Å². The highest BCUT2D eigenvalue weighted by atomic mass is 16.5. The van der Waals surface area contributed by atoms with E-state index in [1.807, 2.05) is 36.6 Å². The van der Waals surface area contributed by atoms with E-state index in [4.69, 9.17) is 13.9 Å². The highest BCUT2D eigenvalue weighted by Crippen LogP contribution is 2.25. The van der Waals surface area contributed by atoms with Crippen LogP contribution < -0.4 is 20.3 Å². The Morgan fingerprint density at radius 1 is 1.09 bits per heavy atom. The lowest BCUT2D eigenvalue weighted by atomic mass is 9.99. The average Bonchev–Trinajstić information content (AvgIpc) is 3.48. The second-order valence-corrected chi connectivity index (χ2v) is 12.7. The van der Waals surface area contributed by atoms with Gasteiger partial charge in [-0.05, 0) is 36.6 Å². The number of amides is 2. The number of carbonyl (C=O) groups is 2. The fourth-order valence-electron chi connectivity index (χ4n) is 5.90. The molecule has 0 saturated carbocycles. The number of β-amino-alcohol motifs (C(OH)–C–C–N with tert-alkyl or cyclic N) is 1. The number of nitrogens with one attached hydrogen (secondary N) is 2. The summed E-state index contributed by atoms with van der Waals surface area (Å²) in [4.78, 5) is 45.2. The molecule has 2 saturated heterocycles. The summed E-state index contributed by atoms with van der Waals surface area (Å²) in [5.74, 6) is 2.17. The molecule has 0 radical (unpaired) electrons. The van der Waals surface area contributed by atoms with Crippen LogP contribution in [-0.2, 0) is 29.1 Å². The van der Waals surface area contributed by atoms with Gasteiger partial charge in [-0.25, -0.2) is 9.97 Å². The predicted molar refractivity (Wildman–Crippen MR) is 173 cm³/mol. The quantitative estimate of drug-likeness (QED) is 0.261. The number of benzene rings is 1. The Bertz CT molecular complexity index is 1550. The van der Waals surface area contributed by atoms with Crippen molar-refractivity contribution in [3.05, 3.63) is 58.9 Å². The van der Waals surface area contributed by atoms with Gasteiger partial charge in [0.2, 0.25) is 11.9 Å². The van der Waals surface area contributed by atoms with Crippen molar-refractivity contribution in [3.8, 4) is 5.75 Å². The summed E-state index contributed by atoms with van der Waals surface area (Å²) in [6.07, 6.45) is 1.49. The van der Waals surface area contributed by atoms with Gasteiger partial charge in [-0.15, -0.1) is 0 Å². The minimum Gasteiger partial charge on any atom is -0.486 e. The zero-order valence-electron chi connectivity index (χ0n) is 27.3. The third kappa shape index (κ3) is 8.18. The molecule has 14 heteroatoms. The van der Waals surface area contributed by atoms with E-state index in [-0.39, 0.29) is 36.0 Å². The Hall–Kier alpha value is -4.27. The summed E-state index contributed by atoms with van der Waals surface area (Å²) >= 11 is 0. The number of aliphatic hydroxyl groups excluding tert-OH is 1. The molecule has 3 N–H and O–H groups in total. The Labute approximate surface area is 274 Å². The molecule has 0 spiro atoms. The normalized spacial score (nSPS) is 17.6. The lowest BCUT2D eigenvalue weighted by Gasteiger charge is -2.36. The number of aromatic nitrogens is 3. The van der Waals surface area contributed by atoms with Gasteiger partial charge in [0, 0.05) is 64.3 Å². The number of fused-ring (bicyclic) bond motifs is 1. The Balaban J connectivity index is 1.02. The molecule has 14 nitrogen and oxygen atoms in total. The number of nitrogens with zero attached hydrogens (tertiary/aromatic N) is 6. The van der Waals surface area contributed by atoms with Crippen LogP contribution >= 0.6 is 0 Å². The molecule has 2 amide bonds. The van der Waals surface area contributed by atoms with Crippen molar-refractivity contribution in [3.63, 3.8) is 0 Å². The highest BCUT2D eigenvalue weighted by molar-refractivity contribution is 5.93. The van der Waals surface area contributed by atoms with Crippen LogP contribution in [0.5, 0.6) is 5.75 Å². The van der Waals surface area contributed by atoms with Crippen LogP contribution in [0.3, 0.4) is 0 Å². The summed E-state index contributed by atoms with van der Waals surface area (Å²) in [6, 6.07) is 7.83. The second kappa shape index (κ2) is 14.7. The van der Waals surface area contributed by atoms with E-state index in [0.717, 1.165) is 24.4 Å². The molecule has 3 aliphatic rings. The molecule has 252 valence electrons. The van der Waals surface area contributed by atoms with Gasteiger partial charge in [0.1, 0.15) is 23.9 Å². The van der Waals surface area contributed by atoms with Crippen molar-refractivity contribution in [2.75, 3.05) is 69.2 Å². The van der Waals surface area contributed by atoms with Gasteiger partial charge in [0.05, 0.1) is 31.1 Å². The molecule has 3 aromatic rings. The third-order valence-electron chi connectivity index (χ3n) is 8.76. The van der Waals surface area contributed by atoms with Crippen LogP contribution in [0.25, 0.3) is 0 Å². The number of hydrogen-bond acceptors (Lipinski definition) is 12. The lowest BCUT2D eigenvalue weighted by Crippen LogP contribution is -2.50. The first-order valence-corrected chi connectivity index (χ1v) is 16.3. The smallest absolute Gasteiger partial charge is 0.270 e. The van der Waals surface area contributed by atoms with Crippen molar-refractivity contribution < 1.29 is 28.6 Å². The summed E-state index contributed by atoms with van der Waals surface area (Å²) in [6.45, 7) is 11.5. The maximum atomic E-state index is 13.3. The minimum atomic E-state index is -0.758. The molecule has 1 atom stereocenters. The number of piperazine rings is 1. The fourth-order valence-corrected chi connectivity index (χ4v) is 5.90. The van der Waals surface area contributed by atoms with E-state index in [2.05, 4.69) is 42.6 Å². The Morgan fingerprint density at radius 2 is 1.89 bits per heavy atom. The van der Waals surface area contributed by atoms with Gasteiger partial charge in [-0.1, -0.05) is 19.9 Å². The molecule has 2 aromatic heterocycles. The molecule has 0 bridgehead atoms. The van der Waals surface area contributed by atoms with Crippen LogP contribution in [0.2, 0.25) is 0 Å². The van der Waals surface area contributed by atoms with Crippen LogP contribution in [-0.4, -0.2) is 113 Å². The van der Waals surface area contributed by atoms with E-state index in [1.165, 1.54) is 17.5 Å². The first-order chi connectivity index (χ1) is 22.7. The monoisotopic (exact) mass is 648 g/mol. The number of carbonyl (C=O) groups excluding carboxylic acids is 2. The van der Waals surface area contributed by atoms with Crippen molar-refractivity contribution in [1.29, 1.82) is 0 Å². The van der Waals surface area contributed by atoms with Gasteiger partial charge >= 0.3 is 0 Å². The number of aryl methyl sites for hydroxylation is 1. The van der Waals surface area contributed by atoms with Gasteiger partial charge in [-0.2, -0.15) is 4.98 Å². The first-order valence-electron chi connectivity index (χ1n) is 16.3. The van der Waals surface area contributed by atoms with Crippen LogP contribution in [0.4, 0.5) is 11.8 Å². The van der Waals surface area contributed by atoms with E-state index < -0.39 is 6.10 Å². The highest BCUT2D eigenvalue weighted by Gasteiger charge is 2.27. The molecule has 0 unspecified atom stereocenters. The van der Waals surface area contributed by atoms with Gasteiger partial charge in [-0.3, -0.25) is 14.5 Å². The molecule has 6 rings (SSSR count). The molecule has 1 aromatic carbocycles. The summed E-state index contributed by atoms with van der Waals surface area (Å²) in [5, 5.41) is 17.0. The summed E-state index contributed by atoms with van der Waals surface area (Å²) < 4.78 is 16.6. The topological polar surface area (TPSA) is 158 Å². The molecule has 2 fully saturated rings. The average molecular weight is 649 g/mol. The summed E-state index contributed by atoms with van der Waals surface area (Å²) in [5.41, 5.74) is 3.45. The van der Waals surface area contributed by atoms with E-state index in [0.29, 0.717) is 76.6 Å². The lowest BCUT2D eigenvalue weighted by molar-refractivity contribution is -0.134. The largest absolute Gasteiger partial charge is 0.486 e. The SMILES string of the molecule is Cc1ncoc1COc1ccc2c(c1)CCN(C[C@@H](O)CNC(=O)c1cc(NC3COC3)nc(N3CCN(C(=O)C(C)C)CC3)n1)C2. The number of oxazole rings is 1. The van der Waals surface area contributed by atoms with E-state index in [9.17, 15) is 14.7 Å². The molecule has 5 heterocycles.